The van der Waals surface area contributed by atoms with E-state index in [9.17, 15) is 28.2 Å². The second-order valence-electron chi connectivity index (χ2n) is 8.84. The van der Waals surface area contributed by atoms with Crippen molar-refractivity contribution in [2.24, 2.45) is 0 Å². The lowest BCUT2D eigenvalue weighted by Gasteiger charge is -2.41. The average Bonchev–Trinajstić information content (AvgIpc) is 3.34. The van der Waals surface area contributed by atoms with Gasteiger partial charge in [0.25, 0.3) is 0 Å². The van der Waals surface area contributed by atoms with Crippen LogP contribution >= 0.6 is 45.0 Å². The molecule has 0 aliphatic heterocycles. The first kappa shape index (κ1) is 27.8. The van der Waals surface area contributed by atoms with Crippen LogP contribution in [0.2, 0.25) is 5.02 Å². The van der Waals surface area contributed by atoms with E-state index in [0.29, 0.717) is 17.7 Å². The van der Waals surface area contributed by atoms with E-state index >= 15 is 0 Å². The van der Waals surface area contributed by atoms with Gasteiger partial charge >= 0.3 is 10.2 Å². The first-order chi connectivity index (χ1) is 16.7. The predicted molar refractivity (Wildman–Crippen MR) is 137 cm³/mol. The largest absolute Gasteiger partial charge is 0.394 e. The number of rotatable bonds is 6. The molecule has 0 spiro atoms. The molecule has 0 bridgehead atoms. The summed E-state index contributed by atoms with van der Waals surface area (Å²) < 4.78 is 93.7. The minimum Gasteiger partial charge on any atom is -0.394 e. The third-order valence-corrected chi connectivity index (χ3v) is 8.41. The van der Waals surface area contributed by atoms with Crippen molar-refractivity contribution in [3.63, 3.8) is 0 Å². The lowest BCUT2D eigenvalue weighted by atomic mass is 10.0. The molecule has 0 radical (unpaired) electrons. The molecular formula is C24H18Cl3F7N2S. The topological polar surface area (TPSA) is 38.0 Å². The van der Waals surface area contributed by atoms with E-state index in [1.54, 1.807) is 0 Å². The van der Waals surface area contributed by atoms with E-state index in [2.05, 4.69) is 11.9 Å². The number of nitrogen functional groups attached to an aromatic ring is 1. The normalized spacial score (nSPS) is 20.6. The summed E-state index contributed by atoms with van der Waals surface area (Å²) in [5.41, 5.74) is 5.13. The summed E-state index contributed by atoms with van der Waals surface area (Å²) in [7, 11) is -9.95. The Balaban J connectivity index is 1.69. The van der Waals surface area contributed by atoms with Crippen LogP contribution in [0.25, 0.3) is 5.70 Å². The Morgan fingerprint density at radius 3 is 2.19 bits per heavy atom. The molecule has 0 amide bonds. The molecule has 3 aromatic rings. The zero-order valence-corrected chi connectivity index (χ0v) is 21.8. The van der Waals surface area contributed by atoms with Crippen LogP contribution in [0.3, 0.4) is 0 Å². The van der Waals surface area contributed by atoms with Crippen LogP contribution in [-0.2, 0) is 0 Å². The highest BCUT2D eigenvalue weighted by Crippen LogP contribution is 3.02. The zero-order valence-electron chi connectivity index (χ0n) is 18.7. The average molecular weight is 606 g/mol. The van der Waals surface area contributed by atoms with Crippen molar-refractivity contribution >= 4 is 62.1 Å². The minimum absolute atomic E-state index is 0.0366. The molecular weight excluding hydrogens is 588 g/mol. The third kappa shape index (κ3) is 5.34. The van der Waals surface area contributed by atoms with Crippen molar-refractivity contribution in [3.8, 4) is 0 Å². The fraction of sp³-hybridized carbons (Fsp3) is 0.167. The molecule has 3 N–H and O–H groups in total. The summed E-state index contributed by atoms with van der Waals surface area (Å²) >= 11 is 19.1. The first-order valence-electron chi connectivity index (χ1n) is 10.4. The molecule has 1 aliphatic rings. The molecule has 1 aliphatic carbocycles. The highest BCUT2D eigenvalue weighted by molar-refractivity contribution is 8.45. The highest BCUT2D eigenvalue weighted by Gasteiger charge is 2.67. The van der Waals surface area contributed by atoms with Crippen LogP contribution < -0.4 is 11.1 Å². The van der Waals surface area contributed by atoms with Gasteiger partial charge in [0.2, 0.25) is 0 Å². The van der Waals surface area contributed by atoms with Gasteiger partial charge in [-0.3, -0.25) is 0 Å². The van der Waals surface area contributed by atoms with Gasteiger partial charge in [-0.05, 0) is 60.0 Å². The lowest BCUT2D eigenvalue weighted by Crippen LogP contribution is -2.07. The van der Waals surface area contributed by atoms with Gasteiger partial charge in [-0.2, -0.15) is 0 Å². The van der Waals surface area contributed by atoms with Crippen LogP contribution in [0.4, 0.5) is 39.6 Å². The van der Waals surface area contributed by atoms with Crippen molar-refractivity contribution in [1.29, 1.82) is 0 Å². The van der Waals surface area contributed by atoms with Crippen LogP contribution in [-0.4, -0.2) is 4.33 Å². The summed E-state index contributed by atoms with van der Waals surface area (Å²) in [5, 5.41) is 2.82. The molecule has 1 saturated carbocycles. The van der Waals surface area contributed by atoms with Gasteiger partial charge in [-0.15, -0.1) is 23.2 Å². The summed E-state index contributed by atoms with van der Waals surface area (Å²) in [4.78, 5) is -2.03. The monoisotopic (exact) mass is 604 g/mol. The van der Waals surface area contributed by atoms with Gasteiger partial charge in [0.15, 0.2) is 5.82 Å². The van der Waals surface area contributed by atoms with Crippen LogP contribution in [0.1, 0.15) is 34.1 Å². The Morgan fingerprint density at radius 2 is 1.57 bits per heavy atom. The number of aryl methyl sites for hydroxylation is 1. The van der Waals surface area contributed by atoms with E-state index in [-0.39, 0.29) is 33.1 Å². The molecule has 37 heavy (non-hydrogen) atoms. The molecule has 200 valence electrons. The number of hydrogen-bond donors (Lipinski definition) is 2. The quantitative estimate of drug-likeness (QED) is 0.167. The van der Waals surface area contributed by atoms with Gasteiger partial charge in [0.05, 0.1) is 5.69 Å². The number of hydrogen-bond acceptors (Lipinski definition) is 2. The Kier molecular flexibility index (Phi) is 6.09. The summed E-state index contributed by atoms with van der Waals surface area (Å²) in [6.45, 7) is 5.07. The van der Waals surface area contributed by atoms with Crippen LogP contribution in [0, 0.1) is 18.6 Å². The van der Waals surface area contributed by atoms with Gasteiger partial charge in [-0.1, -0.05) is 49.7 Å². The third-order valence-electron chi connectivity index (χ3n) is 6.02. The Bertz CT molecular complexity index is 1460. The van der Waals surface area contributed by atoms with E-state index in [4.69, 9.17) is 40.5 Å². The molecule has 0 heterocycles. The predicted octanol–water partition coefficient (Wildman–Crippen LogP) is 10.3. The highest BCUT2D eigenvalue weighted by atomic mass is 35.5. The summed E-state index contributed by atoms with van der Waals surface area (Å²) in [6.07, 6.45) is 0. The van der Waals surface area contributed by atoms with Crippen LogP contribution in [0.5, 0.6) is 0 Å². The van der Waals surface area contributed by atoms with E-state index in [0.717, 1.165) is 12.1 Å². The number of anilines is 2. The number of nitrogens with two attached hydrogens (primary N) is 1. The Labute approximate surface area is 222 Å². The molecule has 4 rings (SSSR count). The van der Waals surface area contributed by atoms with Gasteiger partial charge in [0, 0.05) is 28.1 Å². The Morgan fingerprint density at radius 1 is 0.946 bits per heavy atom. The molecule has 13 heteroatoms. The molecule has 1 fully saturated rings. The molecule has 0 saturated heterocycles. The fourth-order valence-corrected chi connectivity index (χ4v) is 6.08. The van der Waals surface area contributed by atoms with E-state index in [1.807, 2.05) is 0 Å². The lowest BCUT2D eigenvalue weighted by molar-refractivity contribution is 0.363. The maximum atomic E-state index is 14.3. The SMILES string of the molecule is C=C(Nc1ccc(F)c(N)c1F)c1cc(C2C(c3cc(C)cc(S(F)(F)(F)(F)F)c3)C2(Cl)Cl)ccc1Cl. The Hall–Kier alpha value is -2.27. The molecule has 2 atom stereocenters. The van der Waals surface area contributed by atoms with Gasteiger partial charge < -0.3 is 11.1 Å². The smallest absolute Gasteiger partial charge is 0.310 e. The maximum absolute atomic E-state index is 14.3. The van der Waals surface area contributed by atoms with Crippen molar-refractivity contribution in [1.82, 2.24) is 0 Å². The molecule has 2 unspecified atom stereocenters. The maximum Gasteiger partial charge on any atom is 0.310 e. The number of nitrogens with one attached hydrogen (secondary N) is 1. The number of benzene rings is 3. The summed E-state index contributed by atoms with van der Waals surface area (Å²) in [6, 6.07) is 8.60. The van der Waals surface area contributed by atoms with E-state index in [1.165, 1.54) is 31.2 Å². The van der Waals surface area contributed by atoms with Crippen LogP contribution in [0.15, 0.2) is 60.0 Å². The van der Waals surface area contributed by atoms with Crippen molar-refractivity contribution < 1.29 is 28.2 Å². The molecule has 0 aromatic heterocycles. The van der Waals surface area contributed by atoms with Crippen molar-refractivity contribution in [2.45, 2.75) is 28.0 Å². The second-order valence-corrected chi connectivity index (χ2v) is 13.1. The van der Waals surface area contributed by atoms with Gasteiger partial charge in [0.1, 0.15) is 20.7 Å². The van der Waals surface area contributed by atoms with Crippen molar-refractivity contribution in [2.75, 3.05) is 11.1 Å². The molecule has 2 nitrogen and oxygen atoms in total. The number of halogens is 10. The van der Waals surface area contributed by atoms with Crippen molar-refractivity contribution in [3.05, 3.63) is 94.0 Å². The fourth-order valence-electron chi connectivity index (χ4n) is 4.20. The first-order valence-corrected chi connectivity index (χ1v) is 13.5. The molecule has 3 aromatic carbocycles. The summed E-state index contributed by atoms with van der Waals surface area (Å²) in [5.74, 6) is -3.72. The zero-order chi connectivity index (χ0) is 27.8. The number of alkyl halides is 2. The van der Waals surface area contributed by atoms with Gasteiger partial charge in [-0.25, -0.2) is 8.78 Å². The standard InChI is InChI=1S/C24H18Cl3F7N2S/c1-11-7-14(9-15(8-11)37(30,31,32,33)34)21-20(24(21,26)27)13-3-4-17(25)16(10-13)12(2)36-19-6-5-18(28)23(35)22(19)29/h3-10,20-21,36H,2,35H2,1H3. The van der Waals surface area contributed by atoms with E-state index < -0.39 is 48.6 Å². The minimum atomic E-state index is -9.95. The second kappa shape index (κ2) is 8.11.